The standard InChI is InChI=1S/C20H20Cl2N4O/c21-16-6-3-7-17(20(16)22)24-19(27)14-25-9-4-10-26(12-11-25)18-8-2-1-5-15(18)13-23/h1-3,5-8H,4,9-12,14H2,(H,24,27). The number of nitrogens with zero attached hydrogens (tertiary/aromatic N) is 3. The van der Waals surface area contributed by atoms with Crippen molar-refractivity contribution in [1.82, 2.24) is 4.90 Å². The molecule has 2 aromatic rings. The van der Waals surface area contributed by atoms with Gasteiger partial charge in [0.1, 0.15) is 6.07 Å². The average molecular weight is 403 g/mol. The Morgan fingerprint density at radius 1 is 1.07 bits per heavy atom. The Labute approximate surface area is 169 Å². The topological polar surface area (TPSA) is 59.4 Å². The fraction of sp³-hybridized carbons (Fsp3) is 0.300. The molecule has 0 bridgehead atoms. The number of carbonyl (C=O) groups excluding carboxylic acids is 1. The zero-order chi connectivity index (χ0) is 19.2. The third-order valence-corrected chi connectivity index (χ3v) is 5.37. The molecule has 0 atom stereocenters. The van der Waals surface area contributed by atoms with Gasteiger partial charge in [-0.15, -0.1) is 0 Å². The van der Waals surface area contributed by atoms with E-state index in [4.69, 9.17) is 23.2 Å². The van der Waals surface area contributed by atoms with E-state index in [9.17, 15) is 10.1 Å². The van der Waals surface area contributed by atoms with Gasteiger partial charge in [-0.05, 0) is 30.7 Å². The van der Waals surface area contributed by atoms with Gasteiger partial charge in [0.25, 0.3) is 0 Å². The number of hydrogen-bond acceptors (Lipinski definition) is 4. The number of nitrogens with one attached hydrogen (secondary N) is 1. The van der Waals surface area contributed by atoms with Crippen molar-refractivity contribution >= 4 is 40.5 Å². The second-order valence-corrected chi connectivity index (χ2v) is 7.18. The molecule has 1 fully saturated rings. The van der Waals surface area contributed by atoms with E-state index in [2.05, 4.69) is 21.2 Å². The number of nitriles is 1. The van der Waals surface area contributed by atoms with Gasteiger partial charge in [-0.1, -0.05) is 41.4 Å². The van der Waals surface area contributed by atoms with Crippen LogP contribution in [0.3, 0.4) is 0 Å². The first-order valence-corrected chi connectivity index (χ1v) is 9.54. The van der Waals surface area contributed by atoms with Crippen LogP contribution in [0.15, 0.2) is 42.5 Å². The van der Waals surface area contributed by atoms with E-state index < -0.39 is 0 Å². The predicted octanol–water partition coefficient (Wildman–Crippen LogP) is 4.02. The number of benzene rings is 2. The Morgan fingerprint density at radius 2 is 1.89 bits per heavy atom. The monoisotopic (exact) mass is 402 g/mol. The molecule has 7 heteroatoms. The van der Waals surface area contributed by atoms with Crippen molar-refractivity contribution in [3.05, 3.63) is 58.1 Å². The maximum absolute atomic E-state index is 12.4. The highest BCUT2D eigenvalue weighted by molar-refractivity contribution is 6.44. The molecular weight excluding hydrogens is 383 g/mol. The van der Waals surface area contributed by atoms with Crippen molar-refractivity contribution in [2.75, 3.05) is 42.9 Å². The van der Waals surface area contributed by atoms with Crippen molar-refractivity contribution in [2.24, 2.45) is 0 Å². The van der Waals surface area contributed by atoms with Crippen LogP contribution in [0.5, 0.6) is 0 Å². The largest absolute Gasteiger partial charge is 0.369 e. The lowest BCUT2D eigenvalue weighted by molar-refractivity contribution is -0.117. The second-order valence-electron chi connectivity index (χ2n) is 6.40. The minimum atomic E-state index is -0.120. The van der Waals surface area contributed by atoms with Crippen LogP contribution < -0.4 is 10.2 Å². The van der Waals surface area contributed by atoms with Crippen LogP contribution in [-0.4, -0.2) is 43.5 Å². The molecule has 1 amide bonds. The van der Waals surface area contributed by atoms with Crippen LogP contribution in [0.2, 0.25) is 10.0 Å². The number of halogens is 2. The number of hydrogen-bond donors (Lipinski definition) is 1. The van der Waals surface area contributed by atoms with Gasteiger partial charge in [-0.25, -0.2) is 0 Å². The van der Waals surface area contributed by atoms with Crippen molar-refractivity contribution in [3.8, 4) is 6.07 Å². The number of rotatable bonds is 4. The first-order chi connectivity index (χ1) is 13.1. The Hall–Kier alpha value is -2.26. The number of carbonyl (C=O) groups is 1. The molecule has 0 spiro atoms. The van der Waals surface area contributed by atoms with Crippen molar-refractivity contribution < 1.29 is 4.79 Å². The normalized spacial score (nSPS) is 15.1. The van der Waals surface area contributed by atoms with E-state index in [1.54, 1.807) is 18.2 Å². The Balaban J connectivity index is 1.59. The first kappa shape index (κ1) is 19.5. The molecule has 0 aliphatic carbocycles. The third-order valence-electron chi connectivity index (χ3n) is 4.55. The molecule has 0 radical (unpaired) electrons. The molecular formula is C20H20Cl2N4O. The molecule has 1 aliphatic rings. The molecule has 140 valence electrons. The molecule has 0 aromatic heterocycles. The van der Waals surface area contributed by atoms with Gasteiger partial charge >= 0.3 is 0 Å². The van der Waals surface area contributed by atoms with E-state index in [1.807, 2.05) is 24.3 Å². The molecule has 5 nitrogen and oxygen atoms in total. The summed E-state index contributed by atoms with van der Waals surface area (Å²) in [5, 5.41) is 12.9. The molecule has 0 unspecified atom stereocenters. The van der Waals surface area contributed by atoms with Crippen LogP contribution >= 0.6 is 23.2 Å². The Morgan fingerprint density at radius 3 is 2.70 bits per heavy atom. The summed E-state index contributed by atoms with van der Waals surface area (Å²) in [6, 6.07) is 15.0. The molecule has 1 N–H and O–H groups in total. The van der Waals surface area contributed by atoms with Gasteiger partial charge in [0, 0.05) is 26.2 Å². The highest BCUT2D eigenvalue weighted by Crippen LogP contribution is 2.29. The molecule has 27 heavy (non-hydrogen) atoms. The summed E-state index contributed by atoms with van der Waals surface area (Å²) in [6.07, 6.45) is 0.922. The van der Waals surface area contributed by atoms with Gasteiger partial charge in [-0.2, -0.15) is 5.26 Å². The molecule has 1 saturated heterocycles. The lowest BCUT2D eigenvalue weighted by Crippen LogP contribution is -2.36. The number of amides is 1. The highest BCUT2D eigenvalue weighted by atomic mass is 35.5. The number of anilines is 2. The van der Waals surface area contributed by atoms with Crippen molar-refractivity contribution in [1.29, 1.82) is 5.26 Å². The first-order valence-electron chi connectivity index (χ1n) is 8.79. The molecule has 0 saturated carbocycles. The minimum absolute atomic E-state index is 0.120. The minimum Gasteiger partial charge on any atom is -0.369 e. The van der Waals surface area contributed by atoms with Crippen LogP contribution in [0.1, 0.15) is 12.0 Å². The summed E-state index contributed by atoms with van der Waals surface area (Å²) in [6.45, 7) is 3.48. The van der Waals surface area contributed by atoms with Crippen LogP contribution in [0.4, 0.5) is 11.4 Å². The fourth-order valence-corrected chi connectivity index (χ4v) is 3.55. The summed E-state index contributed by atoms with van der Waals surface area (Å²) in [5.74, 6) is -0.120. The zero-order valence-corrected chi connectivity index (χ0v) is 16.3. The van der Waals surface area contributed by atoms with Gasteiger partial charge in [0.15, 0.2) is 0 Å². The SMILES string of the molecule is N#Cc1ccccc1N1CCCN(CC(=O)Nc2cccc(Cl)c2Cl)CC1. The summed E-state index contributed by atoms with van der Waals surface area (Å²) >= 11 is 12.1. The smallest absolute Gasteiger partial charge is 0.238 e. The van der Waals surface area contributed by atoms with Crippen LogP contribution in [-0.2, 0) is 4.79 Å². The van der Waals surface area contributed by atoms with Gasteiger partial charge in [-0.3, -0.25) is 9.69 Å². The van der Waals surface area contributed by atoms with Crippen molar-refractivity contribution in [3.63, 3.8) is 0 Å². The summed E-state index contributed by atoms with van der Waals surface area (Å²) < 4.78 is 0. The predicted molar refractivity (Wildman–Crippen MR) is 110 cm³/mol. The van der Waals surface area contributed by atoms with Crippen LogP contribution in [0, 0.1) is 11.3 Å². The maximum Gasteiger partial charge on any atom is 0.238 e. The lowest BCUT2D eigenvalue weighted by atomic mass is 10.1. The van der Waals surface area contributed by atoms with Crippen molar-refractivity contribution in [2.45, 2.75) is 6.42 Å². The second kappa shape index (κ2) is 9.09. The summed E-state index contributed by atoms with van der Waals surface area (Å²) in [4.78, 5) is 16.7. The maximum atomic E-state index is 12.4. The summed E-state index contributed by atoms with van der Waals surface area (Å²) in [5.41, 5.74) is 2.16. The van der Waals surface area contributed by atoms with Gasteiger partial charge in [0.05, 0.1) is 33.5 Å². The zero-order valence-electron chi connectivity index (χ0n) is 14.8. The van der Waals surface area contributed by atoms with Gasteiger partial charge in [0.2, 0.25) is 5.91 Å². The van der Waals surface area contributed by atoms with Crippen LogP contribution in [0.25, 0.3) is 0 Å². The average Bonchev–Trinajstić information content (AvgIpc) is 2.91. The molecule has 2 aromatic carbocycles. The Bertz CT molecular complexity index is 865. The molecule has 1 heterocycles. The van der Waals surface area contributed by atoms with E-state index in [0.717, 1.165) is 38.3 Å². The lowest BCUT2D eigenvalue weighted by Gasteiger charge is -2.24. The Kier molecular flexibility index (Phi) is 6.57. The third kappa shape index (κ3) is 4.92. The van der Waals surface area contributed by atoms with Gasteiger partial charge < -0.3 is 10.2 Å². The van der Waals surface area contributed by atoms with E-state index in [1.165, 1.54) is 0 Å². The number of para-hydroxylation sites is 1. The quantitative estimate of drug-likeness (QED) is 0.838. The van der Waals surface area contributed by atoms with E-state index >= 15 is 0 Å². The fourth-order valence-electron chi connectivity index (χ4n) is 3.21. The summed E-state index contributed by atoms with van der Waals surface area (Å²) in [7, 11) is 0. The van der Waals surface area contributed by atoms with E-state index in [-0.39, 0.29) is 12.5 Å². The molecule has 1 aliphatic heterocycles. The van der Waals surface area contributed by atoms with E-state index in [0.29, 0.717) is 21.3 Å². The highest BCUT2D eigenvalue weighted by Gasteiger charge is 2.19. The molecule has 3 rings (SSSR count).